The molecule has 6 heteroatoms. The van der Waals surface area contributed by atoms with Crippen molar-refractivity contribution in [2.75, 3.05) is 6.54 Å². The molecular formula is C14H18N4O2. The molecule has 106 valence electrons. The van der Waals surface area contributed by atoms with E-state index in [0.29, 0.717) is 6.54 Å². The van der Waals surface area contributed by atoms with E-state index in [1.54, 1.807) is 0 Å². The minimum absolute atomic E-state index is 0.0548. The van der Waals surface area contributed by atoms with Gasteiger partial charge in [-0.25, -0.2) is 0 Å². The first-order valence-electron chi connectivity index (χ1n) is 6.77. The molecule has 6 nitrogen and oxygen atoms in total. The fourth-order valence-corrected chi connectivity index (χ4v) is 2.51. The molecule has 0 fully saturated rings. The molecule has 0 saturated heterocycles. The van der Waals surface area contributed by atoms with Crippen molar-refractivity contribution in [1.82, 2.24) is 20.4 Å². The van der Waals surface area contributed by atoms with E-state index in [0.717, 1.165) is 43.1 Å². The molecule has 0 unspecified atom stereocenters. The lowest BCUT2D eigenvalue weighted by Crippen LogP contribution is -2.30. The number of carbonyl (C=O) groups is 1. The summed E-state index contributed by atoms with van der Waals surface area (Å²) in [6.45, 7) is 4.60. The molecule has 3 heterocycles. The second-order valence-corrected chi connectivity index (χ2v) is 5.10. The second kappa shape index (κ2) is 5.50. The van der Waals surface area contributed by atoms with Gasteiger partial charge in [0.05, 0.1) is 6.54 Å². The Bertz CT molecular complexity index is 588. The Kier molecular flexibility index (Phi) is 3.56. The van der Waals surface area contributed by atoms with Crippen molar-refractivity contribution in [2.45, 2.75) is 33.0 Å². The third-order valence-electron chi connectivity index (χ3n) is 3.55. The van der Waals surface area contributed by atoms with Crippen LogP contribution in [0, 0.1) is 0 Å². The molecule has 0 radical (unpaired) electrons. The number of nitrogens with zero attached hydrogens (tertiary/aromatic N) is 2. The summed E-state index contributed by atoms with van der Waals surface area (Å²) >= 11 is 0. The summed E-state index contributed by atoms with van der Waals surface area (Å²) in [4.78, 5) is 16.6. The number of carbonyl (C=O) groups excluding carboxylic acids is 1. The highest BCUT2D eigenvalue weighted by Crippen LogP contribution is 2.23. The Balaban J connectivity index is 1.69. The fourth-order valence-electron chi connectivity index (χ4n) is 2.51. The standard InChI is InChI=1S/C14H18N4O2/c1-10(19)16-7-13-12-9-18(6-4-14(12)20-17-13)8-11-3-2-5-15-11/h2-3,5,15H,4,6-9H2,1H3,(H,16,19). The van der Waals surface area contributed by atoms with E-state index in [4.69, 9.17) is 4.52 Å². The number of aromatic nitrogens is 2. The summed E-state index contributed by atoms with van der Waals surface area (Å²) in [6, 6.07) is 4.09. The molecule has 1 aliphatic heterocycles. The maximum Gasteiger partial charge on any atom is 0.217 e. The second-order valence-electron chi connectivity index (χ2n) is 5.10. The van der Waals surface area contributed by atoms with Gasteiger partial charge in [0.2, 0.25) is 5.91 Å². The molecule has 3 rings (SSSR count). The van der Waals surface area contributed by atoms with Gasteiger partial charge in [-0.05, 0) is 12.1 Å². The predicted molar refractivity (Wildman–Crippen MR) is 72.6 cm³/mol. The highest BCUT2D eigenvalue weighted by molar-refractivity contribution is 5.72. The molecule has 0 aromatic carbocycles. The van der Waals surface area contributed by atoms with Gasteiger partial charge in [0.25, 0.3) is 0 Å². The summed E-state index contributed by atoms with van der Waals surface area (Å²) < 4.78 is 5.37. The van der Waals surface area contributed by atoms with Crippen molar-refractivity contribution in [3.8, 4) is 0 Å². The molecule has 20 heavy (non-hydrogen) atoms. The highest BCUT2D eigenvalue weighted by Gasteiger charge is 2.24. The zero-order valence-corrected chi connectivity index (χ0v) is 11.5. The Hall–Kier alpha value is -2.08. The van der Waals surface area contributed by atoms with Crippen LogP contribution >= 0.6 is 0 Å². The van der Waals surface area contributed by atoms with E-state index in [1.807, 2.05) is 12.3 Å². The van der Waals surface area contributed by atoms with Gasteiger partial charge in [-0.2, -0.15) is 0 Å². The number of nitrogens with one attached hydrogen (secondary N) is 2. The molecule has 0 atom stereocenters. The van der Waals surface area contributed by atoms with Gasteiger partial charge in [-0.15, -0.1) is 0 Å². The van der Waals surface area contributed by atoms with Gasteiger partial charge in [0.1, 0.15) is 11.5 Å². The van der Waals surface area contributed by atoms with Crippen molar-refractivity contribution >= 4 is 5.91 Å². The molecule has 1 aliphatic rings. The van der Waals surface area contributed by atoms with Crippen LogP contribution in [0.3, 0.4) is 0 Å². The van der Waals surface area contributed by atoms with Crippen LogP contribution in [0.2, 0.25) is 0 Å². The lowest BCUT2D eigenvalue weighted by molar-refractivity contribution is -0.119. The lowest BCUT2D eigenvalue weighted by atomic mass is 10.1. The lowest BCUT2D eigenvalue weighted by Gasteiger charge is -2.25. The van der Waals surface area contributed by atoms with Crippen LogP contribution in [-0.4, -0.2) is 27.5 Å². The number of amides is 1. The largest absolute Gasteiger partial charge is 0.364 e. The first-order chi connectivity index (χ1) is 9.72. The van der Waals surface area contributed by atoms with Gasteiger partial charge in [-0.3, -0.25) is 9.69 Å². The van der Waals surface area contributed by atoms with Crippen LogP contribution in [0.5, 0.6) is 0 Å². The summed E-state index contributed by atoms with van der Waals surface area (Å²) in [6.07, 6.45) is 2.80. The number of hydrogen-bond donors (Lipinski definition) is 2. The molecule has 0 saturated carbocycles. The van der Waals surface area contributed by atoms with Gasteiger partial charge < -0.3 is 14.8 Å². The van der Waals surface area contributed by atoms with Gasteiger partial charge in [0.15, 0.2) is 0 Å². The van der Waals surface area contributed by atoms with E-state index in [-0.39, 0.29) is 5.91 Å². The zero-order valence-electron chi connectivity index (χ0n) is 11.5. The van der Waals surface area contributed by atoms with Gasteiger partial charge >= 0.3 is 0 Å². The Morgan fingerprint density at radius 2 is 2.50 bits per heavy atom. The highest BCUT2D eigenvalue weighted by atomic mass is 16.5. The van der Waals surface area contributed by atoms with Crippen molar-refractivity contribution in [1.29, 1.82) is 0 Å². The molecular weight excluding hydrogens is 256 g/mol. The minimum Gasteiger partial charge on any atom is -0.364 e. The van der Waals surface area contributed by atoms with Crippen LogP contribution < -0.4 is 5.32 Å². The third-order valence-corrected chi connectivity index (χ3v) is 3.55. The van der Waals surface area contributed by atoms with Crippen molar-refractivity contribution in [3.63, 3.8) is 0 Å². The normalized spacial score (nSPS) is 15.1. The number of fused-ring (bicyclic) bond motifs is 1. The van der Waals surface area contributed by atoms with E-state index < -0.39 is 0 Å². The fraction of sp³-hybridized carbons (Fsp3) is 0.429. The quantitative estimate of drug-likeness (QED) is 0.878. The van der Waals surface area contributed by atoms with Gasteiger partial charge in [-0.1, -0.05) is 5.16 Å². The topological polar surface area (TPSA) is 74.2 Å². The zero-order chi connectivity index (χ0) is 13.9. The van der Waals surface area contributed by atoms with E-state index >= 15 is 0 Å². The Labute approximate surface area is 117 Å². The maximum absolute atomic E-state index is 11.0. The van der Waals surface area contributed by atoms with E-state index in [1.165, 1.54) is 12.6 Å². The Morgan fingerprint density at radius 3 is 3.25 bits per heavy atom. The summed E-state index contributed by atoms with van der Waals surface area (Å²) in [5.74, 6) is 0.897. The van der Waals surface area contributed by atoms with Crippen LogP contribution in [0.15, 0.2) is 22.9 Å². The van der Waals surface area contributed by atoms with E-state index in [2.05, 4.69) is 26.4 Å². The number of H-pyrrole nitrogens is 1. The molecule has 2 aromatic rings. The van der Waals surface area contributed by atoms with Crippen molar-refractivity contribution in [3.05, 3.63) is 41.0 Å². The van der Waals surface area contributed by atoms with Crippen molar-refractivity contribution < 1.29 is 9.32 Å². The summed E-state index contributed by atoms with van der Waals surface area (Å²) in [7, 11) is 0. The molecule has 0 spiro atoms. The Morgan fingerprint density at radius 1 is 1.60 bits per heavy atom. The van der Waals surface area contributed by atoms with Crippen LogP contribution in [0.4, 0.5) is 0 Å². The first kappa shape index (κ1) is 12.9. The monoisotopic (exact) mass is 274 g/mol. The summed E-state index contributed by atoms with van der Waals surface area (Å²) in [5.41, 5.74) is 3.16. The van der Waals surface area contributed by atoms with Crippen LogP contribution in [0.25, 0.3) is 0 Å². The molecule has 0 bridgehead atoms. The smallest absolute Gasteiger partial charge is 0.217 e. The number of hydrogen-bond acceptors (Lipinski definition) is 4. The molecule has 2 N–H and O–H groups in total. The minimum atomic E-state index is -0.0548. The average Bonchev–Trinajstić information content (AvgIpc) is 3.05. The van der Waals surface area contributed by atoms with E-state index in [9.17, 15) is 4.79 Å². The number of aromatic amines is 1. The predicted octanol–water partition coefficient (Wildman–Crippen LogP) is 1.20. The number of rotatable bonds is 4. The first-order valence-corrected chi connectivity index (χ1v) is 6.77. The summed E-state index contributed by atoms with van der Waals surface area (Å²) in [5, 5.41) is 6.85. The van der Waals surface area contributed by atoms with Gasteiger partial charge in [0, 0.05) is 50.4 Å². The van der Waals surface area contributed by atoms with Crippen LogP contribution in [0.1, 0.15) is 29.6 Å². The molecule has 2 aromatic heterocycles. The third kappa shape index (κ3) is 2.75. The maximum atomic E-state index is 11.0. The van der Waals surface area contributed by atoms with Crippen molar-refractivity contribution in [2.24, 2.45) is 0 Å². The van der Waals surface area contributed by atoms with Crippen LogP contribution in [-0.2, 0) is 30.8 Å². The molecule has 1 amide bonds. The molecule has 0 aliphatic carbocycles. The SMILES string of the molecule is CC(=O)NCc1noc2c1CN(Cc1ccc[nH]1)CC2. The average molecular weight is 274 g/mol.